The Kier molecular flexibility index (Phi) is 7.86. The first kappa shape index (κ1) is 25.9. The number of hydrogen-bond donors (Lipinski definition) is 4. The first-order valence-electron chi connectivity index (χ1n) is 10.8. The van der Waals surface area contributed by atoms with Crippen LogP contribution in [-0.4, -0.2) is 86.3 Å². The largest absolute Gasteiger partial charge is 0.496 e. The molecule has 7 atom stereocenters. The summed E-state index contributed by atoms with van der Waals surface area (Å²) in [5, 5.41) is 40.4. The Morgan fingerprint density at radius 1 is 1.35 bits per heavy atom. The maximum Gasteiger partial charge on any atom is 0.240 e. The van der Waals surface area contributed by atoms with Gasteiger partial charge in [0.2, 0.25) is 11.8 Å². The highest BCUT2D eigenvalue weighted by Gasteiger charge is 2.57. The van der Waals surface area contributed by atoms with Crippen LogP contribution in [0, 0.1) is 5.92 Å². The van der Waals surface area contributed by atoms with Crippen LogP contribution in [0.3, 0.4) is 0 Å². The van der Waals surface area contributed by atoms with E-state index in [1.807, 2.05) is 0 Å². The number of nitrogens with zero attached hydrogens (tertiary/aromatic N) is 3. The summed E-state index contributed by atoms with van der Waals surface area (Å²) in [6.45, 7) is 3.18. The fourth-order valence-electron chi connectivity index (χ4n) is 3.89. The Hall–Kier alpha value is -2.67. The molecule has 1 amide bonds. The molecule has 4 N–H and O–H groups in total. The maximum atomic E-state index is 15.5. The Balaban J connectivity index is 2.08. The van der Waals surface area contributed by atoms with Crippen LogP contribution in [0.2, 0.25) is 0 Å². The fraction of sp³-hybridized carbons (Fsp3) is 0.591. The van der Waals surface area contributed by atoms with Crippen molar-refractivity contribution in [3.8, 4) is 17.0 Å². The molecule has 1 aliphatic rings. The minimum absolute atomic E-state index is 0.304. The number of methoxy groups -OCH3 is 1. The third-order valence-electron chi connectivity index (χ3n) is 5.83. The number of aliphatic hydroxyl groups is 3. The molecule has 1 fully saturated rings. The molecule has 34 heavy (non-hydrogen) atoms. The summed E-state index contributed by atoms with van der Waals surface area (Å²) in [7, 11) is 1.48. The van der Waals surface area contributed by atoms with Crippen molar-refractivity contribution in [1.82, 2.24) is 20.3 Å². The second-order valence-corrected chi connectivity index (χ2v) is 8.67. The van der Waals surface area contributed by atoms with Gasteiger partial charge in [0.15, 0.2) is 6.17 Å². The average Bonchev–Trinajstić information content (AvgIpc) is 3.29. The number of ether oxygens (including phenoxy) is 2. The van der Waals surface area contributed by atoms with Gasteiger partial charge in [0.05, 0.1) is 26.0 Å². The van der Waals surface area contributed by atoms with E-state index >= 15 is 8.78 Å². The number of aromatic nitrogens is 3. The van der Waals surface area contributed by atoms with Gasteiger partial charge in [-0.25, -0.2) is 13.5 Å². The van der Waals surface area contributed by atoms with Crippen molar-refractivity contribution in [2.24, 2.45) is 5.92 Å². The standard InChI is InChI=1S/C22H30F2N4O6/c1-11(2)21(32)25-16-17(20(23)22(3,24)34-19(16)18(31)14(30)10-29)28-9-13(26-27-28)12-7-5-6-8-15(12)33-4/h5-9,11,14,16-20,29-31H,10H2,1-4H3,(H,25,32)/t14-,16-,17-,18-,19-,20?,22?/m1/s1. The summed E-state index contributed by atoms with van der Waals surface area (Å²) in [5.74, 6) is -3.48. The number of nitrogens with one attached hydrogen (secondary N) is 1. The van der Waals surface area contributed by atoms with Crippen molar-refractivity contribution in [2.45, 2.75) is 63.2 Å². The lowest BCUT2D eigenvalue weighted by Gasteiger charge is -2.47. The van der Waals surface area contributed by atoms with Gasteiger partial charge in [0.25, 0.3) is 0 Å². The number of carbonyl (C=O) groups is 1. The Labute approximate surface area is 195 Å². The molecule has 188 valence electrons. The molecule has 3 rings (SSSR count). The molecule has 1 aliphatic heterocycles. The van der Waals surface area contributed by atoms with E-state index in [0.717, 1.165) is 11.6 Å². The number of benzene rings is 1. The van der Waals surface area contributed by atoms with Gasteiger partial charge in [-0.15, -0.1) is 5.10 Å². The number of carbonyl (C=O) groups excluding carboxylic acids is 1. The number of halogens is 2. The molecule has 1 aromatic heterocycles. The number of amides is 1. The summed E-state index contributed by atoms with van der Waals surface area (Å²) in [5.41, 5.74) is 0.856. The van der Waals surface area contributed by atoms with Crippen molar-refractivity contribution in [3.05, 3.63) is 30.5 Å². The van der Waals surface area contributed by atoms with E-state index in [9.17, 15) is 20.1 Å². The number of hydrogen-bond acceptors (Lipinski definition) is 8. The average molecular weight is 485 g/mol. The highest BCUT2D eigenvalue weighted by Crippen LogP contribution is 2.41. The van der Waals surface area contributed by atoms with Crippen molar-refractivity contribution in [3.63, 3.8) is 0 Å². The predicted molar refractivity (Wildman–Crippen MR) is 116 cm³/mol. The van der Waals surface area contributed by atoms with Crippen molar-refractivity contribution in [2.75, 3.05) is 13.7 Å². The highest BCUT2D eigenvalue weighted by molar-refractivity contribution is 5.78. The Morgan fingerprint density at radius 3 is 2.65 bits per heavy atom. The summed E-state index contributed by atoms with van der Waals surface area (Å²) >= 11 is 0. The molecule has 0 aliphatic carbocycles. The quantitative estimate of drug-likeness (QED) is 0.431. The SMILES string of the molecule is COc1ccccc1-c1cn([C@H]2C(F)C(C)(F)O[C@@H]([C@H](O)[C@H](O)CO)[C@@H]2NC(=O)C(C)C)nn1. The number of para-hydroxylation sites is 1. The van der Waals surface area contributed by atoms with Crippen molar-refractivity contribution in [1.29, 1.82) is 0 Å². The van der Waals surface area contributed by atoms with Crippen LogP contribution in [0.1, 0.15) is 26.8 Å². The zero-order valence-electron chi connectivity index (χ0n) is 19.3. The van der Waals surface area contributed by atoms with E-state index < -0.39 is 60.9 Å². The highest BCUT2D eigenvalue weighted by atomic mass is 19.2. The van der Waals surface area contributed by atoms with E-state index in [-0.39, 0.29) is 0 Å². The second kappa shape index (κ2) is 10.3. The molecule has 10 nitrogen and oxygen atoms in total. The third kappa shape index (κ3) is 5.04. The lowest BCUT2D eigenvalue weighted by molar-refractivity contribution is -0.279. The minimum atomic E-state index is -2.92. The molecule has 2 aromatic rings. The second-order valence-electron chi connectivity index (χ2n) is 8.67. The lowest BCUT2D eigenvalue weighted by Crippen LogP contribution is -2.67. The predicted octanol–water partition coefficient (Wildman–Crippen LogP) is 0.772. The van der Waals surface area contributed by atoms with E-state index in [4.69, 9.17) is 9.47 Å². The molecule has 2 heterocycles. The summed E-state index contributed by atoms with van der Waals surface area (Å²) in [6, 6.07) is 4.05. The third-order valence-corrected chi connectivity index (χ3v) is 5.83. The van der Waals surface area contributed by atoms with E-state index in [2.05, 4.69) is 15.6 Å². The van der Waals surface area contributed by atoms with Crippen LogP contribution in [-0.2, 0) is 9.53 Å². The molecule has 0 bridgehead atoms. The first-order chi connectivity index (χ1) is 16.0. The van der Waals surface area contributed by atoms with Crippen LogP contribution in [0.4, 0.5) is 8.78 Å². The molecular weight excluding hydrogens is 454 g/mol. The van der Waals surface area contributed by atoms with Gasteiger partial charge >= 0.3 is 0 Å². The maximum absolute atomic E-state index is 15.5. The zero-order valence-corrected chi connectivity index (χ0v) is 19.3. The van der Waals surface area contributed by atoms with Crippen LogP contribution in [0.25, 0.3) is 11.3 Å². The van der Waals surface area contributed by atoms with E-state index in [0.29, 0.717) is 17.0 Å². The molecule has 12 heteroatoms. The van der Waals surface area contributed by atoms with Crippen LogP contribution in [0.5, 0.6) is 5.75 Å². The molecular formula is C22H30F2N4O6. The van der Waals surface area contributed by atoms with Crippen molar-refractivity contribution >= 4 is 5.91 Å². The molecule has 1 aromatic carbocycles. The van der Waals surface area contributed by atoms with E-state index in [1.54, 1.807) is 38.1 Å². The van der Waals surface area contributed by atoms with Gasteiger partial charge < -0.3 is 30.1 Å². The molecule has 0 spiro atoms. The lowest BCUT2D eigenvalue weighted by atomic mass is 9.86. The molecule has 2 unspecified atom stereocenters. The monoisotopic (exact) mass is 484 g/mol. The summed E-state index contributed by atoms with van der Waals surface area (Å²) < 4.78 is 42.3. The van der Waals surface area contributed by atoms with Gasteiger partial charge in [-0.3, -0.25) is 4.79 Å². The normalized spacial score (nSPS) is 29.0. The van der Waals surface area contributed by atoms with Gasteiger partial charge in [0.1, 0.15) is 35.8 Å². The number of alkyl halides is 2. The zero-order chi connectivity index (χ0) is 25.2. The number of aliphatic hydroxyl groups excluding tert-OH is 3. The Bertz CT molecular complexity index is 988. The summed E-state index contributed by atoms with van der Waals surface area (Å²) in [4.78, 5) is 12.5. The summed E-state index contributed by atoms with van der Waals surface area (Å²) in [6.07, 6.45) is -6.15. The van der Waals surface area contributed by atoms with E-state index in [1.165, 1.54) is 13.3 Å². The Morgan fingerprint density at radius 2 is 2.03 bits per heavy atom. The van der Waals surface area contributed by atoms with Gasteiger partial charge in [0, 0.05) is 11.5 Å². The first-order valence-corrected chi connectivity index (χ1v) is 10.8. The smallest absolute Gasteiger partial charge is 0.240 e. The van der Waals surface area contributed by atoms with Crippen molar-refractivity contribution < 1.29 is 38.4 Å². The van der Waals surface area contributed by atoms with Gasteiger partial charge in [-0.1, -0.05) is 31.2 Å². The van der Waals surface area contributed by atoms with Crippen LogP contribution in [0.15, 0.2) is 30.5 Å². The molecule has 0 radical (unpaired) electrons. The minimum Gasteiger partial charge on any atom is -0.496 e. The fourth-order valence-corrected chi connectivity index (χ4v) is 3.89. The topological polar surface area (TPSA) is 139 Å². The van der Waals surface area contributed by atoms with Crippen LogP contribution >= 0.6 is 0 Å². The molecule has 1 saturated heterocycles. The van der Waals surface area contributed by atoms with Gasteiger partial charge in [-0.2, -0.15) is 0 Å². The van der Waals surface area contributed by atoms with Gasteiger partial charge in [-0.05, 0) is 19.1 Å². The van der Waals surface area contributed by atoms with Crippen LogP contribution < -0.4 is 10.1 Å². The molecule has 0 saturated carbocycles. The number of rotatable bonds is 8.